The van der Waals surface area contributed by atoms with Gasteiger partial charge >= 0.3 is 0 Å². The van der Waals surface area contributed by atoms with Crippen LogP contribution in [0.4, 0.5) is 11.4 Å². The van der Waals surface area contributed by atoms with Crippen molar-refractivity contribution in [2.75, 3.05) is 16.5 Å². The van der Waals surface area contributed by atoms with Gasteiger partial charge in [-0.3, -0.25) is 14.5 Å². The van der Waals surface area contributed by atoms with Crippen molar-refractivity contribution >= 4 is 34.8 Å². The van der Waals surface area contributed by atoms with Crippen LogP contribution in [-0.4, -0.2) is 17.9 Å². The van der Waals surface area contributed by atoms with E-state index in [1.54, 1.807) is 11.8 Å². The van der Waals surface area contributed by atoms with Crippen LogP contribution >= 0.6 is 11.8 Å². The Hall–Kier alpha value is -2.53. The normalized spacial score (nSPS) is 18.4. The zero-order valence-corrected chi connectivity index (χ0v) is 18.4. The summed E-state index contributed by atoms with van der Waals surface area (Å²) in [4.78, 5) is 29.7. The Balaban J connectivity index is 1.92. The Bertz CT molecular complexity index is 981. The largest absolute Gasteiger partial charge is 0.357 e. The summed E-state index contributed by atoms with van der Waals surface area (Å²) >= 11 is 1.69. The van der Waals surface area contributed by atoms with Crippen LogP contribution in [0.3, 0.4) is 0 Å². The first-order chi connectivity index (χ1) is 14.6. The van der Waals surface area contributed by atoms with Gasteiger partial charge < -0.3 is 5.32 Å². The van der Waals surface area contributed by atoms with Gasteiger partial charge in [-0.2, -0.15) is 0 Å². The number of ketones is 1. The number of thioether (sulfide) groups is 1. The third kappa shape index (κ3) is 3.91. The number of hydrogen-bond acceptors (Lipinski definition) is 4. The molecule has 0 aromatic heterocycles. The van der Waals surface area contributed by atoms with E-state index in [9.17, 15) is 9.59 Å². The van der Waals surface area contributed by atoms with Gasteiger partial charge in [-0.1, -0.05) is 37.6 Å². The lowest BCUT2D eigenvalue weighted by Gasteiger charge is -2.34. The monoisotopic (exact) mass is 420 g/mol. The maximum Gasteiger partial charge on any atom is 0.227 e. The smallest absolute Gasteiger partial charge is 0.227 e. The third-order valence-electron chi connectivity index (χ3n) is 5.88. The first-order valence-corrected chi connectivity index (χ1v) is 11.9. The molecule has 5 heteroatoms. The van der Waals surface area contributed by atoms with Gasteiger partial charge in [-0.15, -0.1) is 11.8 Å². The molecule has 1 aliphatic heterocycles. The number of carbonyl (C=O) groups excluding carboxylic acids is 2. The average molecular weight is 421 g/mol. The summed E-state index contributed by atoms with van der Waals surface area (Å²) in [5, 5.41) is 3.52. The number of nitrogens with zero attached hydrogens (tertiary/aromatic N) is 1. The van der Waals surface area contributed by atoms with Gasteiger partial charge in [0.25, 0.3) is 0 Å². The van der Waals surface area contributed by atoms with E-state index >= 15 is 0 Å². The van der Waals surface area contributed by atoms with Crippen LogP contribution in [-0.2, 0) is 9.59 Å². The molecule has 4 rings (SSSR count). The Morgan fingerprint density at radius 1 is 1.13 bits per heavy atom. The molecule has 0 saturated heterocycles. The molecule has 1 unspecified atom stereocenters. The van der Waals surface area contributed by atoms with Gasteiger partial charge in [-0.25, -0.2) is 0 Å². The van der Waals surface area contributed by atoms with E-state index in [1.807, 2.05) is 35.4 Å². The van der Waals surface area contributed by atoms with Crippen LogP contribution in [0.5, 0.6) is 0 Å². The molecule has 1 aliphatic carbocycles. The van der Waals surface area contributed by atoms with Crippen LogP contribution in [0.2, 0.25) is 0 Å². The number of amides is 1. The van der Waals surface area contributed by atoms with Crippen LogP contribution in [0.1, 0.15) is 57.1 Å². The molecule has 156 valence electrons. The fourth-order valence-electron chi connectivity index (χ4n) is 4.36. The molecule has 0 fully saturated rings. The maximum absolute atomic E-state index is 13.5. The van der Waals surface area contributed by atoms with Gasteiger partial charge in [0.2, 0.25) is 5.91 Å². The highest BCUT2D eigenvalue weighted by molar-refractivity contribution is 7.98. The summed E-state index contributed by atoms with van der Waals surface area (Å²) < 4.78 is 0. The number of hydrogen-bond donors (Lipinski definition) is 1. The number of Topliss-reactive ketones (excluding diaryl/α,β-unsaturated/α-hetero) is 1. The molecule has 30 heavy (non-hydrogen) atoms. The Labute approximate surface area is 182 Å². The van der Waals surface area contributed by atoms with Crippen LogP contribution < -0.4 is 10.2 Å². The summed E-state index contributed by atoms with van der Waals surface area (Å²) in [6.45, 7) is 2.09. The second-order valence-corrected chi connectivity index (χ2v) is 8.73. The number of allylic oxidation sites excluding steroid dienone is 1. The van der Waals surface area contributed by atoms with E-state index in [1.165, 1.54) is 4.90 Å². The molecule has 1 atom stereocenters. The highest BCUT2D eigenvalue weighted by atomic mass is 32.2. The standard InChI is InChI=1S/C25H28N2O2S/c1-3-4-12-23(29)27-21-10-6-5-8-19(21)26-20-9-7-11-22(28)24(20)25(27)17-13-15-18(30-2)16-14-17/h5-6,8,10,13-16,25-26H,3-4,7,9,11-12H2,1-2H3. The summed E-state index contributed by atoms with van der Waals surface area (Å²) in [6, 6.07) is 15.8. The van der Waals surface area contributed by atoms with Gasteiger partial charge in [0, 0.05) is 29.0 Å². The van der Waals surface area contributed by atoms with Crippen molar-refractivity contribution in [1.29, 1.82) is 0 Å². The number of fused-ring (bicyclic) bond motifs is 1. The van der Waals surface area contributed by atoms with Gasteiger partial charge in [-0.05, 0) is 55.3 Å². The van der Waals surface area contributed by atoms with Crippen LogP contribution in [0.15, 0.2) is 64.7 Å². The fourth-order valence-corrected chi connectivity index (χ4v) is 4.77. The zero-order valence-electron chi connectivity index (χ0n) is 17.6. The highest BCUT2D eigenvalue weighted by Gasteiger charge is 2.39. The number of rotatable bonds is 5. The fraction of sp³-hybridized carbons (Fsp3) is 0.360. The van der Waals surface area contributed by atoms with E-state index in [4.69, 9.17) is 0 Å². The number of benzene rings is 2. The average Bonchev–Trinajstić information content (AvgIpc) is 2.92. The lowest BCUT2D eigenvalue weighted by atomic mass is 9.85. The SMILES string of the molecule is CCCCC(=O)N1c2ccccc2NC2=C(C(=O)CCC2)C1c1ccc(SC)cc1. The van der Waals surface area contributed by atoms with Crippen LogP contribution in [0, 0.1) is 0 Å². The third-order valence-corrected chi connectivity index (χ3v) is 6.62. The molecule has 1 heterocycles. The number of unbranched alkanes of at least 4 members (excludes halogenated alkanes) is 1. The van der Waals surface area contributed by atoms with Gasteiger partial charge in [0.05, 0.1) is 17.4 Å². The molecule has 4 nitrogen and oxygen atoms in total. The van der Waals surface area contributed by atoms with E-state index in [0.717, 1.165) is 53.9 Å². The molecule has 2 aromatic carbocycles. The summed E-state index contributed by atoms with van der Waals surface area (Å²) in [5.74, 6) is 0.209. The summed E-state index contributed by atoms with van der Waals surface area (Å²) in [6.07, 6.45) is 6.52. The topological polar surface area (TPSA) is 49.4 Å². The Morgan fingerprint density at radius 3 is 2.63 bits per heavy atom. The molecule has 0 bridgehead atoms. The zero-order chi connectivity index (χ0) is 21.1. The molecule has 2 aliphatic rings. The number of nitrogens with one attached hydrogen (secondary N) is 1. The summed E-state index contributed by atoms with van der Waals surface area (Å²) in [7, 11) is 0. The molecule has 1 N–H and O–H groups in total. The molecular formula is C25H28N2O2S. The second-order valence-electron chi connectivity index (χ2n) is 7.85. The van der Waals surface area contributed by atoms with E-state index in [2.05, 4.69) is 36.5 Å². The lowest BCUT2D eigenvalue weighted by Crippen LogP contribution is -2.37. The van der Waals surface area contributed by atoms with Crippen molar-refractivity contribution in [2.45, 2.75) is 56.4 Å². The first-order valence-electron chi connectivity index (χ1n) is 10.7. The van der Waals surface area contributed by atoms with Gasteiger partial charge in [0.1, 0.15) is 0 Å². The second kappa shape index (κ2) is 9.09. The lowest BCUT2D eigenvalue weighted by molar-refractivity contribution is -0.119. The predicted octanol–water partition coefficient (Wildman–Crippen LogP) is 6.11. The van der Waals surface area contributed by atoms with Crippen molar-refractivity contribution in [3.8, 4) is 0 Å². The van der Waals surface area contributed by atoms with Crippen LogP contribution in [0.25, 0.3) is 0 Å². The molecule has 0 saturated carbocycles. The van der Waals surface area contributed by atoms with Crippen molar-refractivity contribution in [3.63, 3.8) is 0 Å². The number of para-hydroxylation sites is 2. The quantitative estimate of drug-likeness (QED) is 0.593. The first kappa shape index (κ1) is 20.7. The molecule has 1 amide bonds. The van der Waals surface area contributed by atoms with E-state index in [0.29, 0.717) is 12.8 Å². The minimum Gasteiger partial charge on any atom is -0.357 e. The molecular weight excluding hydrogens is 392 g/mol. The highest BCUT2D eigenvalue weighted by Crippen LogP contribution is 2.45. The molecule has 0 radical (unpaired) electrons. The Kier molecular flexibility index (Phi) is 6.28. The van der Waals surface area contributed by atoms with Crippen molar-refractivity contribution in [2.24, 2.45) is 0 Å². The number of carbonyl (C=O) groups is 2. The minimum absolute atomic E-state index is 0.0668. The Morgan fingerprint density at radius 2 is 1.90 bits per heavy atom. The van der Waals surface area contributed by atoms with E-state index in [-0.39, 0.29) is 11.7 Å². The number of anilines is 2. The summed E-state index contributed by atoms with van der Waals surface area (Å²) in [5.41, 5.74) is 4.44. The maximum atomic E-state index is 13.5. The van der Waals surface area contributed by atoms with Crippen molar-refractivity contribution < 1.29 is 9.59 Å². The van der Waals surface area contributed by atoms with Crippen molar-refractivity contribution in [3.05, 3.63) is 65.4 Å². The predicted molar refractivity (Wildman–Crippen MR) is 124 cm³/mol. The molecule has 0 spiro atoms. The molecule has 2 aromatic rings. The van der Waals surface area contributed by atoms with E-state index < -0.39 is 6.04 Å². The van der Waals surface area contributed by atoms with Gasteiger partial charge in [0.15, 0.2) is 5.78 Å². The minimum atomic E-state index is -0.399. The van der Waals surface area contributed by atoms with Crippen molar-refractivity contribution in [1.82, 2.24) is 0 Å².